The van der Waals surface area contributed by atoms with E-state index in [1.54, 1.807) is 36.4 Å². The van der Waals surface area contributed by atoms with Gasteiger partial charge in [-0.25, -0.2) is 9.69 Å². The summed E-state index contributed by atoms with van der Waals surface area (Å²) in [7, 11) is 1.49. The average Bonchev–Trinajstić information content (AvgIpc) is 2.72. The van der Waals surface area contributed by atoms with Gasteiger partial charge in [0.2, 0.25) is 0 Å². The van der Waals surface area contributed by atoms with Crippen molar-refractivity contribution in [2.75, 3.05) is 18.6 Å². The Morgan fingerprint density at radius 3 is 2.57 bits per heavy atom. The highest BCUT2D eigenvalue weighted by Gasteiger charge is 2.37. The minimum atomic E-state index is -0.776. The van der Waals surface area contributed by atoms with Gasteiger partial charge in [0, 0.05) is 0 Å². The molecule has 1 heterocycles. The molecule has 7 nitrogen and oxygen atoms in total. The fourth-order valence-electron chi connectivity index (χ4n) is 3.06. The predicted molar refractivity (Wildman–Crippen MR) is 114 cm³/mol. The molecule has 0 aromatic heterocycles. The molecule has 0 radical (unpaired) electrons. The van der Waals surface area contributed by atoms with Crippen molar-refractivity contribution < 1.29 is 23.9 Å². The van der Waals surface area contributed by atoms with Gasteiger partial charge in [0.15, 0.2) is 11.5 Å². The molecule has 3 rings (SSSR count). The summed E-state index contributed by atoms with van der Waals surface area (Å²) in [6, 6.07) is 9.54. The van der Waals surface area contributed by atoms with Crippen molar-refractivity contribution in [1.29, 1.82) is 0 Å². The number of benzene rings is 2. The number of nitrogens with zero attached hydrogens (tertiary/aromatic N) is 1. The van der Waals surface area contributed by atoms with Crippen LogP contribution in [0.3, 0.4) is 0 Å². The molecular formula is C23H22N2O5. The minimum absolute atomic E-state index is 0.155. The Labute approximate surface area is 174 Å². The third-order valence-corrected chi connectivity index (χ3v) is 4.77. The number of hydrogen-bond donors (Lipinski definition) is 1. The van der Waals surface area contributed by atoms with Crippen LogP contribution in [-0.2, 0) is 9.59 Å². The highest BCUT2D eigenvalue weighted by molar-refractivity contribution is 6.39. The molecule has 0 unspecified atom stereocenters. The van der Waals surface area contributed by atoms with Crippen LogP contribution in [-0.4, -0.2) is 31.6 Å². The molecule has 30 heavy (non-hydrogen) atoms. The monoisotopic (exact) mass is 406 g/mol. The van der Waals surface area contributed by atoms with E-state index < -0.39 is 17.8 Å². The van der Waals surface area contributed by atoms with Gasteiger partial charge < -0.3 is 9.47 Å². The number of ether oxygens (including phenoxy) is 2. The molecule has 1 fully saturated rings. The number of nitrogens with one attached hydrogen (secondary N) is 1. The first-order valence-electron chi connectivity index (χ1n) is 9.26. The topological polar surface area (TPSA) is 84.9 Å². The number of imide groups is 2. The molecule has 2 aromatic rings. The number of barbiturate groups is 1. The average molecular weight is 406 g/mol. The van der Waals surface area contributed by atoms with Crippen LogP contribution in [0.2, 0.25) is 0 Å². The molecular weight excluding hydrogens is 384 g/mol. The summed E-state index contributed by atoms with van der Waals surface area (Å²) in [4.78, 5) is 38.9. The van der Waals surface area contributed by atoms with E-state index in [1.165, 1.54) is 13.2 Å². The van der Waals surface area contributed by atoms with Gasteiger partial charge >= 0.3 is 6.03 Å². The second-order valence-electron chi connectivity index (χ2n) is 6.69. The molecule has 0 saturated carbocycles. The Morgan fingerprint density at radius 1 is 1.10 bits per heavy atom. The van der Waals surface area contributed by atoms with Crippen LogP contribution in [0.25, 0.3) is 6.08 Å². The van der Waals surface area contributed by atoms with E-state index in [4.69, 9.17) is 9.47 Å². The van der Waals surface area contributed by atoms with Crippen molar-refractivity contribution in [1.82, 2.24) is 5.32 Å². The maximum absolute atomic E-state index is 13.1. The molecule has 7 heteroatoms. The highest BCUT2D eigenvalue weighted by atomic mass is 16.5. The summed E-state index contributed by atoms with van der Waals surface area (Å²) in [6.45, 7) is 7.61. The van der Waals surface area contributed by atoms with Crippen LogP contribution in [0.4, 0.5) is 10.5 Å². The molecule has 0 aliphatic carbocycles. The van der Waals surface area contributed by atoms with Crippen LogP contribution in [0.1, 0.15) is 16.7 Å². The molecule has 1 aliphatic heterocycles. The van der Waals surface area contributed by atoms with Crippen LogP contribution in [0.5, 0.6) is 11.5 Å². The number of rotatable bonds is 6. The normalized spacial score (nSPS) is 15.2. The smallest absolute Gasteiger partial charge is 0.335 e. The third kappa shape index (κ3) is 3.96. The lowest BCUT2D eigenvalue weighted by molar-refractivity contribution is -0.122. The van der Waals surface area contributed by atoms with Crippen LogP contribution in [0.15, 0.2) is 54.6 Å². The van der Waals surface area contributed by atoms with Crippen LogP contribution < -0.4 is 19.7 Å². The van der Waals surface area contributed by atoms with E-state index >= 15 is 0 Å². The maximum Gasteiger partial charge on any atom is 0.335 e. The first-order valence-corrected chi connectivity index (χ1v) is 9.26. The standard InChI is InChI=1S/C23H22N2O5/c1-5-11-30-19-10-9-16(13-20(19)29-4)12-17-21(26)24-23(28)25(22(17)27)18-8-6-7-14(2)15(18)3/h5-10,12-13H,1,11H2,2-4H3,(H,24,26,28)/b17-12+. The van der Waals surface area contributed by atoms with Gasteiger partial charge in [0.25, 0.3) is 11.8 Å². The van der Waals surface area contributed by atoms with Gasteiger partial charge in [-0.15, -0.1) is 0 Å². The second kappa shape index (κ2) is 8.65. The molecule has 0 spiro atoms. The Hall–Kier alpha value is -3.87. The number of carbonyl (C=O) groups excluding carboxylic acids is 3. The molecule has 2 aromatic carbocycles. The lowest BCUT2D eigenvalue weighted by atomic mass is 10.0. The summed E-state index contributed by atoms with van der Waals surface area (Å²) in [5, 5.41) is 2.24. The summed E-state index contributed by atoms with van der Waals surface area (Å²) in [6.07, 6.45) is 3.03. The van der Waals surface area contributed by atoms with Gasteiger partial charge in [-0.1, -0.05) is 30.9 Å². The minimum Gasteiger partial charge on any atom is -0.493 e. The third-order valence-electron chi connectivity index (χ3n) is 4.77. The van der Waals surface area contributed by atoms with Crippen molar-refractivity contribution in [3.63, 3.8) is 0 Å². The van der Waals surface area contributed by atoms with E-state index in [0.717, 1.165) is 16.0 Å². The largest absolute Gasteiger partial charge is 0.493 e. The molecule has 1 aliphatic rings. The zero-order valence-corrected chi connectivity index (χ0v) is 17.0. The first kappa shape index (κ1) is 20.9. The maximum atomic E-state index is 13.1. The lowest BCUT2D eigenvalue weighted by Gasteiger charge is -2.28. The highest BCUT2D eigenvalue weighted by Crippen LogP contribution is 2.30. The van der Waals surface area contributed by atoms with E-state index in [0.29, 0.717) is 29.4 Å². The van der Waals surface area contributed by atoms with Gasteiger partial charge in [0.1, 0.15) is 12.2 Å². The summed E-state index contributed by atoms with van der Waals surface area (Å²) in [5.41, 5.74) is 2.53. The molecule has 0 bridgehead atoms. The van der Waals surface area contributed by atoms with Crippen molar-refractivity contribution in [2.45, 2.75) is 13.8 Å². The summed E-state index contributed by atoms with van der Waals surface area (Å²) >= 11 is 0. The number of anilines is 1. The van der Waals surface area contributed by atoms with Gasteiger partial charge in [-0.3, -0.25) is 14.9 Å². The Morgan fingerprint density at radius 2 is 1.87 bits per heavy atom. The first-order chi connectivity index (χ1) is 14.4. The number of hydrogen-bond acceptors (Lipinski definition) is 5. The van der Waals surface area contributed by atoms with Crippen molar-refractivity contribution in [3.8, 4) is 11.5 Å². The van der Waals surface area contributed by atoms with Crippen molar-refractivity contribution in [2.24, 2.45) is 0 Å². The number of carbonyl (C=O) groups is 3. The van der Waals surface area contributed by atoms with Crippen molar-refractivity contribution >= 4 is 29.6 Å². The van der Waals surface area contributed by atoms with E-state index in [1.807, 2.05) is 19.9 Å². The Bertz CT molecular complexity index is 1070. The van der Waals surface area contributed by atoms with Crippen LogP contribution >= 0.6 is 0 Å². The van der Waals surface area contributed by atoms with Gasteiger partial charge in [-0.2, -0.15) is 0 Å². The van der Waals surface area contributed by atoms with E-state index in [2.05, 4.69) is 11.9 Å². The summed E-state index contributed by atoms with van der Waals surface area (Å²) in [5.74, 6) is -0.496. The fraction of sp³-hybridized carbons (Fsp3) is 0.174. The molecule has 0 atom stereocenters. The van der Waals surface area contributed by atoms with Crippen molar-refractivity contribution in [3.05, 3.63) is 71.3 Å². The SMILES string of the molecule is C=CCOc1ccc(/C=C2\C(=O)NC(=O)N(c3cccc(C)c3C)C2=O)cc1OC. The summed E-state index contributed by atoms with van der Waals surface area (Å²) < 4.78 is 10.8. The van der Waals surface area contributed by atoms with E-state index in [-0.39, 0.29) is 5.57 Å². The number of aryl methyl sites for hydroxylation is 1. The molecule has 1 N–H and O–H groups in total. The molecule has 1 saturated heterocycles. The quantitative estimate of drug-likeness (QED) is 0.451. The molecule has 4 amide bonds. The predicted octanol–water partition coefficient (Wildman–Crippen LogP) is 3.54. The second-order valence-corrected chi connectivity index (χ2v) is 6.69. The fourth-order valence-corrected chi connectivity index (χ4v) is 3.06. The number of methoxy groups -OCH3 is 1. The zero-order valence-electron chi connectivity index (χ0n) is 17.0. The number of urea groups is 1. The lowest BCUT2D eigenvalue weighted by Crippen LogP contribution is -2.54. The van der Waals surface area contributed by atoms with Gasteiger partial charge in [-0.05, 0) is 54.8 Å². The Balaban J connectivity index is 2.00. The van der Waals surface area contributed by atoms with Crippen LogP contribution in [0, 0.1) is 13.8 Å². The number of amides is 4. The van der Waals surface area contributed by atoms with Gasteiger partial charge in [0.05, 0.1) is 12.8 Å². The Kier molecular flexibility index (Phi) is 6.01. The zero-order chi connectivity index (χ0) is 21.8. The van der Waals surface area contributed by atoms with E-state index in [9.17, 15) is 14.4 Å². The molecule has 154 valence electrons.